The highest BCUT2D eigenvalue weighted by Gasteiger charge is 2.33. The van der Waals surface area contributed by atoms with Gasteiger partial charge in [-0.1, -0.05) is 18.5 Å². The topological polar surface area (TPSA) is 122 Å². The van der Waals surface area contributed by atoms with Crippen LogP contribution in [0.4, 0.5) is 5.69 Å². The van der Waals surface area contributed by atoms with Gasteiger partial charge in [0.1, 0.15) is 24.1 Å². The lowest BCUT2D eigenvalue weighted by atomic mass is 10.2. The molecule has 1 fully saturated rings. The third-order valence-electron chi connectivity index (χ3n) is 5.90. The molecule has 0 bridgehead atoms. The quantitative estimate of drug-likeness (QED) is 0.387. The number of nitrogens with one attached hydrogen (secondary N) is 1. The summed E-state index contributed by atoms with van der Waals surface area (Å²) < 4.78 is 64.1. The Morgan fingerprint density at radius 2 is 1.76 bits per heavy atom. The molecule has 0 spiro atoms. The second-order valence-corrected chi connectivity index (χ2v) is 12.8. The van der Waals surface area contributed by atoms with Crippen molar-refractivity contribution in [2.45, 2.75) is 37.1 Å². The van der Waals surface area contributed by atoms with Crippen molar-refractivity contribution < 1.29 is 31.1 Å². The molecule has 1 amide bonds. The minimum absolute atomic E-state index is 0.0970. The molecule has 0 aliphatic carbocycles. The van der Waals surface area contributed by atoms with Gasteiger partial charge in [-0.05, 0) is 61.7 Å². The molecular weight excluding hydrogens is 542 g/mol. The van der Waals surface area contributed by atoms with Crippen LogP contribution in [0.5, 0.6) is 11.5 Å². The Morgan fingerprint density at radius 1 is 1.11 bits per heavy atom. The molecule has 10 nitrogen and oxygen atoms in total. The van der Waals surface area contributed by atoms with Gasteiger partial charge < -0.3 is 14.8 Å². The summed E-state index contributed by atoms with van der Waals surface area (Å²) in [6.45, 7) is 2.96. The SMILES string of the molecule is CC[C@@H](C(=O)NCCOc1ccc(S(=O)(=O)N2CCCC2)cc1)N(c1cc(Cl)ccc1OC)S(C)(=O)=O. The number of methoxy groups -OCH3 is 1. The van der Waals surface area contributed by atoms with Crippen molar-refractivity contribution >= 4 is 43.2 Å². The molecule has 1 atom stereocenters. The average molecular weight is 574 g/mol. The van der Waals surface area contributed by atoms with Crippen LogP contribution in [-0.2, 0) is 24.8 Å². The van der Waals surface area contributed by atoms with Gasteiger partial charge in [-0.15, -0.1) is 0 Å². The standard InChI is InChI=1S/C24H32ClN3O7S2/c1-4-21(28(36(3,30)31)22-17-18(25)7-12-23(22)34-2)24(29)26-13-16-35-19-8-10-20(11-9-19)37(32,33)27-14-5-6-15-27/h7-12,17,21H,4-6,13-16H2,1-3H3,(H,26,29)/t21-/m0/s1. The first kappa shape index (κ1) is 29.0. The maximum absolute atomic E-state index is 13.0. The van der Waals surface area contributed by atoms with Gasteiger partial charge in [-0.25, -0.2) is 16.8 Å². The molecule has 204 valence electrons. The summed E-state index contributed by atoms with van der Waals surface area (Å²) >= 11 is 6.09. The Kier molecular flexibility index (Phi) is 9.68. The molecule has 1 heterocycles. The fraction of sp³-hybridized carbons (Fsp3) is 0.458. The highest BCUT2D eigenvalue weighted by atomic mass is 35.5. The Hall–Kier alpha value is -2.54. The lowest BCUT2D eigenvalue weighted by molar-refractivity contribution is -0.122. The molecule has 0 saturated carbocycles. The largest absolute Gasteiger partial charge is 0.495 e. The predicted molar refractivity (Wildman–Crippen MR) is 142 cm³/mol. The van der Waals surface area contributed by atoms with Crippen molar-refractivity contribution in [3.63, 3.8) is 0 Å². The molecule has 37 heavy (non-hydrogen) atoms. The number of hydrogen-bond donors (Lipinski definition) is 1. The van der Waals surface area contributed by atoms with E-state index in [-0.39, 0.29) is 35.9 Å². The number of nitrogens with zero attached hydrogens (tertiary/aromatic N) is 2. The van der Waals surface area contributed by atoms with Crippen LogP contribution in [0.2, 0.25) is 5.02 Å². The highest BCUT2D eigenvalue weighted by Crippen LogP contribution is 2.34. The van der Waals surface area contributed by atoms with Gasteiger partial charge in [0.15, 0.2) is 0 Å². The van der Waals surface area contributed by atoms with Crippen LogP contribution < -0.4 is 19.1 Å². The molecule has 1 aliphatic heterocycles. The smallest absolute Gasteiger partial charge is 0.244 e. The molecule has 0 aromatic heterocycles. The Labute approximate surface area is 223 Å². The number of halogens is 1. The third-order valence-corrected chi connectivity index (χ3v) is 9.22. The van der Waals surface area contributed by atoms with Gasteiger partial charge in [0.2, 0.25) is 26.0 Å². The van der Waals surface area contributed by atoms with Crippen molar-refractivity contribution in [3.05, 3.63) is 47.5 Å². The van der Waals surface area contributed by atoms with E-state index in [0.29, 0.717) is 23.9 Å². The van der Waals surface area contributed by atoms with E-state index in [2.05, 4.69) is 5.32 Å². The predicted octanol–water partition coefficient (Wildman–Crippen LogP) is 2.87. The lowest BCUT2D eigenvalue weighted by Gasteiger charge is -2.31. The van der Waals surface area contributed by atoms with Crippen LogP contribution in [-0.4, -0.2) is 72.7 Å². The molecular formula is C24H32ClN3O7S2. The molecule has 2 aromatic carbocycles. The highest BCUT2D eigenvalue weighted by molar-refractivity contribution is 7.92. The van der Waals surface area contributed by atoms with Crippen LogP contribution >= 0.6 is 11.6 Å². The maximum atomic E-state index is 13.0. The number of ether oxygens (including phenoxy) is 2. The zero-order valence-corrected chi connectivity index (χ0v) is 23.4. The lowest BCUT2D eigenvalue weighted by Crippen LogP contribution is -2.50. The second kappa shape index (κ2) is 12.3. The minimum atomic E-state index is -3.87. The van der Waals surface area contributed by atoms with Crippen molar-refractivity contribution in [1.29, 1.82) is 0 Å². The van der Waals surface area contributed by atoms with E-state index in [4.69, 9.17) is 21.1 Å². The normalized spacial score (nSPS) is 15.2. The number of sulfonamides is 2. The summed E-state index contributed by atoms with van der Waals surface area (Å²) in [7, 11) is -5.97. The van der Waals surface area contributed by atoms with E-state index in [9.17, 15) is 21.6 Å². The van der Waals surface area contributed by atoms with Gasteiger partial charge in [0.05, 0.1) is 30.5 Å². The Balaban J connectivity index is 1.62. The first-order chi connectivity index (χ1) is 17.5. The van der Waals surface area contributed by atoms with E-state index < -0.39 is 32.0 Å². The van der Waals surface area contributed by atoms with E-state index in [0.717, 1.165) is 23.4 Å². The average Bonchev–Trinajstić information content (AvgIpc) is 3.40. The van der Waals surface area contributed by atoms with E-state index in [1.54, 1.807) is 25.1 Å². The van der Waals surface area contributed by atoms with Gasteiger partial charge in [-0.2, -0.15) is 4.31 Å². The minimum Gasteiger partial charge on any atom is -0.495 e. The number of hydrogen-bond acceptors (Lipinski definition) is 7. The summed E-state index contributed by atoms with van der Waals surface area (Å²) in [5.41, 5.74) is 0.166. The number of carbonyl (C=O) groups excluding carboxylic acids is 1. The van der Waals surface area contributed by atoms with Crippen LogP contribution in [0.1, 0.15) is 26.2 Å². The monoisotopic (exact) mass is 573 g/mol. The van der Waals surface area contributed by atoms with E-state index in [1.165, 1.54) is 35.7 Å². The summed E-state index contributed by atoms with van der Waals surface area (Å²) in [4.78, 5) is 13.2. The van der Waals surface area contributed by atoms with E-state index in [1.807, 2.05) is 0 Å². The Morgan fingerprint density at radius 3 is 2.32 bits per heavy atom. The summed E-state index contributed by atoms with van der Waals surface area (Å²) in [6.07, 6.45) is 2.93. The number of amides is 1. The summed E-state index contributed by atoms with van der Waals surface area (Å²) in [6, 6.07) is 9.62. The van der Waals surface area contributed by atoms with Crippen LogP contribution in [0.25, 0.3) is 0 Å². The molecule has 1 aliphatic rings. The number of carbonyl (C=O) groups is 1. The second-order valence-electron chi connectivity index (χ2n) is 8.52. The molecule has 3 rings (SSSR count). The molecule has 2 aromatic rings. The van der Waals surface area contributed by atoms with Gasteiger partial charge in [-0.3, -0.25) is 9.10 Å². The van der Waals surface area contributed by atoms with Crippen molar-refractivity contribution in [1.82, 2.24) is 9.62 Å². The first-order valence-electron chi connectivity index (χ1n) is 11.8. The fourth-order valence-electron chi connectivity index (χ4n) is 4.12. The van der Waals surface area contributed by atoms with Gasteiger partial charge >= 0.3 is 0 Å². The maximum Gasteiger partial charge on any atom is 0.244 e. The van der Waals surface area contributed by atoms with Crippen LogP contribution in [0.3, 0.4) is 0 Å². The Bertz CT molecular complexity index is 1300. The van der Waals surface area contributed by atoms with Crippen molar-refractivity contribution in [2.24, 2.45) is 0 Å². The molecule has 13 heteroatoms. The van der Waals surface area contributed by atoms with Crippen LogP contribution in [0.15, 0.2) is 47.4 Å². The van der Waals surface area contributed by atoms with E-state index >= 15 is 0 Å². The fourth-order valence-corrected chi connectivity index (χ4v) is 7.01. The molecule has 1 N–H and O–H groups in total. The van der Waals surface area contributed by atoms with Gasteiger partial charge in [0.25, 0.3) is 0 Å². The number of benzene rings is 2. The molecule has 1 saturated heterocycles. The zero-order chi connectivity index (χ0) is 27.2. The zero-order valence-electron chi connectivity index (χ0n) is 21.0. The number of anilines is 1. The molecule has 0 unspecified atom stereocenters. The number of rotatable bonds is 12. The van der Waals surface area contributed by atoms with Crippen molar-refractivity contribution in [2.75, 3.05) is 43.9 Å². The third kappa shape index (κ3) is 7.07. The summed E-state index contributed by atoms with van der Waals surface area (Å²) in [5, 5.41) is 3.00. The van der Waals surface area contributed by atoms with Crippen LogP contribution in [0, 0.1) is 0 Å². The summed E-state index contributed by atoms with van der Waals surface area (Å²) in [5.74, 6) is 0.202. The van der Waals surface area contributed by atoms with Crippen molar-refractivity contribution in [3.8, 4) is 11.5 Å². The molecule has 0 radical (unpaired) electrons. The van der Waals surface area contributed by atoms with Gasteiger partial charge in [0, 0.05) is 18.1 Å². The first-order valence-corrected chi connectivity index (χ1v) is 15.5.